The Morgan fingerprint density at radius 3 is 0.821 bits per heavy atom. The molecule has 0 aromatic rings. The SMILES string of the molecule is C=C(C)C(=O)OC(C1C2CC3CC(C2)CC1C3)C(F)(F)C(O)C(F)(F)F.O=C(C(F)(F)F)C(F)(F)C(O)C1C2CC3CC(C2)CC1C3.O=CC1C2CC3CC(C2)CC1C3.OC(C(F)(F)F)C(F)(F)F.OC(C1C2CC3CC(C2)CC1C3)C(F)(F)C(O)(O)C(F)(F)F.OC(C1C2CC3CC(C2)CC1C3)C(F)(F)C(O)C(F)(F)F. The second-order valence-corrected chi connectivity index (χ2v) is 36.1. The predicted octanol–water partition coefficient (Wildman–Crippen LogP) is 16.3. The molecule has 38 heteroatoms. The minimum atomic E-state index is -5.94. The minimum Gasteiger partial charge on any atom is -0.452 e. The molecular weight excluding hydrogens is 1570 g/mol. The van der Waals surface area contributed by atoms with E-state index in [1.807, 2.05) is 0 Å². The van der Waals surface area contributed by atoms with Crippen molar-refractivity contribution in [2.45, 2.75) is 277 Å². The zero-order valence-corrected chi connectivity index (χ0v) is 60.5. The van der Waals surface area contributed by atoms with Gasteiger partial charge in [0.1, 0.15) is 24.6 Å². The van der Waals surface area contributed by atoms with Crippen molar-refractivity contribution >= 4 is 18.0 Å². The number of ether oxygens (including phenoxy) is 1. The van der Waals surface area contributed by atoms with Crippen LogP contribution in [0, 0.1) is 148 Å². The average Bonchev–Trinajstić information content (AvgIpc) is 0.727. The quantitative estimate of drug-likeness (QED) is 0.0252. The number of halogens is 26. The molecule has 6 atom stereocenters. The van der Waals surface area contributed by atoms with Gasteiger partial charge < -0.3 is 50.4 Å². The number of ketones is 1. The van der Waals surface area contributed by atoms with Gasteiger partial charge in [0, 0.05) is 17.4 Å². The molecule has 0 spiro atoms. The van der Waals surface area contributed by atoms with E-state index in [4.69, 9.17) is 25.2 Å². The molecule has 20 saturated carbocycles. The number of esters is 1. The molecule has 20 aliphatic rings. The van der Waals surface area contributed by atoms with Crippen LogP contribution in [0.4, 0.5) is 114 Å². The molecule has 20 rings (SSSR count). The summed E-state index contributed by atoms with van der Waals surface area (Å²) in [7, 11) is 0. The summed E-state index contributed by atoms with van der Waals surface area (Å²) in [4.78, 5) is 33.7. The highest BCUT2D eigenvalue weighted by atomic mass is 19.4. The van der Waals surface area contributed by atoms with Gasteiger partial charge in [-0.05, 0) is 304 Å². The number of hydrogen-bond acceptors (Lipinski definition) is 12. The summed E-state index contributed by atoms with van der Waals surface area (Å²) in [6, 6.07) is 0. The molecule has 0 radical (unpaired) electrons. The van der Waals surface area contributed by atoms with E-state index in [9.17, 15) is 149 Å². The molecule has 20 fully saturated rings. The number of alkyl halides is 26. The summed E-state index contributed by atoms with van der Waals surface area (Å²) in [5, 5.41) is 73.3. The molecular formula is C74H96F26O12. The van der Waals surface area contributed by atoms with Crippen molar-refractivity contribution in [2.24, 2.45) is 148 Å². The van der Waals surface area contributed by atoms with Crippen molar-refractivity contribution in [2.75, 3.05) is 0 Å². The summed E-state index contributed by atoms with van der Waals surface area (Å²) >= 11 is 0. The lowest BCUT2D eigenvalue weighted by Crippen LogP contribution is -2.67. The first-order chi connectivity index (χ1) is 51.1. The van der Waals surface area contributed by atoms with Crippen LogP contribution in [0.2, 0.25) is 0 Å². The number of aliphatic hydroxyl groups excluding tert-OH is 6. The summed E-state index contributed by atoms with van der Waals surface area (Å²) in [6.45, 7) is 4.56. The second kappa shape index (κ2) is 32.2. The van der Waals surface area contributed by atoms with E-state index >= 15 is 0 Å². The van der Waals surface area contributed by atoms with Gasteiger partial charge in [-0.3, -0.25) is 4.79 Å². The molecule has 0 amide bonds. The Balaban J connectivity index is 0.000000146. The fraction of sp³-hybridized carbons (Fsp3) is 0.932. The van der Waals surface area contributed by atoms with Crippen LogP contribution in [0.15, 0.2) is 12.2 Å². The van der Waals surface area contributed by atoms with E-state index < -0.39 is 145 Å². The number of carbonyl (C=O) groups excluding carboxylic acids is 3. The lowest BCUT2D eigenvalue weighted by Gasteiger charge is -2.56. The van der Waals surface area contributed by atoms with E-state index in [0.29, 0.717) is 156 Å². The van der Waals surface area contributed by atoms with Gasteiger partial charge in [-0.15, -0.1) is 0 Å². The first-order valence-electron chi connectivity index (χ1n) is 38.4. The Morgan fingerprint density at radius 1 is 0.348 bits per heavy atom. The third-order valence-electron chi connectivity index (χ3n) is 28.6. The highest BCUT2D eigenvalue weighted by Gasteiger charge is 2.75. The molecule has 20 bridgehead atoms. The number of rotatable bonds is 15. The zero-order chi connectivity index (χ0) is 83.8. The van der Waals surface area contributed by atoms with Crippen LogP contribution in [0.5, 0.6) is 0 Å². The highest BCUT2D eigenvalue weighted by molar-refractivity contribution is 5.91. The number of Topliss-reactive ketones (excluding diaryl/α,β-unsaturated/α-hetero) is 1. The fourth-order valence-corrected chi connectivity index (χ4v) is 25.1. The van der Waals surface area contributed by atoms with E-state index in [-0.39, 0.29) is 52.9 Å². The van der Waals surface area contributed by atoms with Gasteiger partial charge in [0.2, 0.25) is 18.3 Å². The minimum absolute atomic E-state index is 0.137. The predicted molar refractivity (Wildman–Crippen MR) is 338 cm³/mol. The first kappa shape index (κ1) is 90.7. The average molecular weight is 1670 g/mol. The van der Waals surface area contributed by atoms with E-state index in [1.165, 1.54) is 45.3 Å². The standard InChI is InChI=1S/C18H23F5O3.C14H19F5O3.C14H19F5O2.C14H17F5O2.C11H16O.C3H2F6O/c1-8(2)15(24)26-14(17(19,20)16(25)18(21,22)23)13-11-4-9-3-10(6-11)7-12(13)5-9;15-12(16,13(21,22)14(17,18)19)11(20)10-8-2-6-1-7(4-8)5-9(10)3-6;2*15-13(16,12(21)14(17,18)19)11(20)10-8-2-6-1-7(4-8)5-9(10)3-6;12-6-11-9-2-7-1-8(4-9)5-10(11)3-7;4-2(5,6)1(10)3(7,8)9/h9-14,16,25H,1,3-7H2,2H3;6-11,20-22H,1-5H2;6-12,20-21H,1-5H2;6-11,20H,1-5H2;6-11H,1-5H2;1,10H. The summed E-state index contributed by atoms with van der Waals surface area (Å²) in [5.41, 5.74) is -0.170. The van der Waals surface area contributed by atoms with Gasteiger partial charge >= 0.3 is 78.3 Å². The van der Waals surface area contributed by atoms with Gasteiger partial charge in [0.15, 0.2) is 6.10 Å². The maximum Gasteiger partial charge on any atom is 0.456 e. The molecule has 0 aromatic heterocycles. The monoisotopic (exact) mass is 1670 g/mol. The van der Waals surface area contributed by atoms with Crippen LogP contribution < -0.4 is 0 Å². The van der Waals surface area contributed by atoms with Crippen LogP contribution in [0.3, 0.4) is 0 Å². The zero-order valence-electron chi connectivity index (χ0n) is 60.5. The van der Waals surface area contributed by atoms with Crippen LogP contribution in [-0.2, 0) is 19.1 Å². The number of hydrogen-bond donors (Lipinski definition) is 8. The van der Waals surface area contributed by atoms with Gasteiger partial charge in [0.05, 0.1) is 0 Å². The molecule has 0 aromatic carbocycles. The van der Waals surface area contributed by atoms with Crippen molar-refractivity contribution in [3.63, 3.8) is 0 Å². The Kier molecular flexibility index (Phi) is 26.1. The van der Waals surface area contributed by atoms with Crippen molar-refractivity contribution in [1.82, 2.24) is 0 Å². The molecule has 0 saturated heterocycles. The van der Waals surface area contributed by atoms with E-state index in [1.54, 1.807) is 0 Å². The maximum absolute atomic E-state index is 14.7. The summed E-state index contributed by atoms with van der Waals surface area (Å²) in [5.74, 6) is -26.2. The highest BCUT2D eigenvalue weighted by Crippen LogP contribution is 2.65. The Hall–Kier alpha value is -3.59. The van der Waals surface area contributed by atoms with Crippen molar-refractivity contribution < 1.29 is 174 Å². The van der Waals surface area contributed by atoms with Crippen molar-refractivity contribution in [3.8, 4) is 0 Å². The Morgan fingerprint density at radius 2 is 0.589 bits per heavy atom. The van der Waals surface area contributed by atoms with Gasteiger partial charge in [-0.2, -0.15) is 105 Å². The first-order valence-corrected chi connectivity index (χ1v) is 38.4. The number of aliphatic hydroxyl groups is 8. The second-order valence-electron chi connectivity index (χ2n) is 36.1. The summed E-state index contributed by atoms with van der Waals surface area (Å²) < 4.78 is 334. The summed E-state index contributed by atoms with van der Waals surface area (Å²) in [6.07, 6.45) is -32.5. The van der Waals surface area contributed by atoms with Crippen LogP contribution in [0.25, 0.3) is 0 Å². The number of carbonyl (C=O) groups is 3. The normalized spacial score (nSPS) is 38.9. The Bertz CT molecular complexity index is 3100. The van der Waals surface area contributed by atoms with Crippen LogP contribution >= 0.6 is 0 Å². The number of aldehydes is 1. The van der Waals surface area contributed by atoms with Crippen molar-refractivity contribution in [3.05, 3.63) is 12.2 Å². The lowest BCUT2D eigenvalue weighted by atomic mass is 9.50. The molecule has 646 valence electrons. The third-order valence-corrected chi connectivity index (χ3v) is 28.6. The molecule has 20 aliphatic carbocycles. The Labute approximate surface area is 627 Å². The van der Waals surface area contributed by atoms with Crippen LogP contribution in [0.1, 0.15) is 167 Å². The molecule has 0 aliphatic heterocycles. The molecule has 6 unspecified atom stereocenters. The smallest absolute Gasteiger partial charge is 0.452 e. The van der Waals surface area contributed by atoms with Crippen LogP contribution in [-0.4, -0.2) is 168 Å². The molecule has 12 nitrogen and oxygen atoms in total. The fourth-order valence-electron chi connectivity index (χ4n) is 25.1. The lowest BCUT2D eigenvalue weighted by molar-refractivity contribution is -0.434. The van der Waals surface area contributed by atoms with Gasteiger partial charge in [-0.1, -0.05) is 6.58 Å². The topological polar surface area (TPSA) is 222 Å². The van der Waals surface area contributed by atoms with E-state index in [0.717, 1.165) is 49.4 Å². The largest absolute Gasteiger partial charge is 0.456 e. The van der Waals surface area contributed by atoms with Crippen molar-refractivity contribution in [1.29, 1.82) is 0 Å². The van der Waals surface area contributed by atoms with Gasteiger partial charge in [0.25, 0.3) is 0 Å². The third kappa shape index (κ3) is 18.6. The molecule has 8 N–H and O–H groups in total. The maximum atomic E-state index is 14.7. The van der Waals surface area contributed by atoms with E-state index in [2.05, 4.69) is 6.58 Å². The molecule has 0 heterocycles. The molecule has 112 heavy (non-hydrogen) atoms. The van der Waals surface area contributed by atoms with Gasteiger partial charge in [-0.25, -0.2) is 13.6 Å².